The van der Waals surface area contributed by atoms with Gasteiger partial charge in [0, 0.05) is 19.3 Å². The van der Waals surface area contributed by atoms with Crippen LogP contribution in [-0.4, -0.2) is 22.9 Å². The number of fused-ring (bicyclic) bond motifs is 2. The maximum absolute atomic E-state index is 12.6. The van der Waals surface area contributed by atoms with Crippen molar-refractivity contribution in [2.24, 2.45) is 0 Å². The zero-order chi connectivity index (χ0) is 11.8. The van der Waals surface area contributed by atoms with Crippen LogP contribution in [-0.2, 0) is 4.74 Å². The Morgan fingerprint density at radius 2 is 1.75 bits per heavy atom. The predicted octanol–water partition coefficient (Wildman–Crippen LogP) is 2.92. The lowest BCUT2D eigenvalue weighted by atomic mass is 9.86. The third kappa shape index (κ3) is 2.58. The van der Waals surface area contributed by atoms with Gasteiger partial charge in [0.25, 0.3) is 0 Å². The summed E-state index contributed by atoms with van der Waals surface area (Å²) in [5.74, 6) is -1.41. The maximum atomic E-state index is 12.6. The van der Waals surface area contributed by atoms with Crippen LogP contribution in [0.1, 0.15) is 38.5 Å². The lowest BCUT2D eigenvalue weighted by Crippen LogP contribution is -2.40. The Balaban J connectivity index is 1.91. The summed E-state index contributed by atoms with van der Waals surface area (Å²) in [7, 11) is 0. The Hall–Kier alpha value is -0.550. The number of allylic oxidation sites excluding steroid dienone is 1. The molecule has 0 spiro atoms. The first-order valence-corrected chi connectivity index (χ1v) is 5.56. The fourth-order valence-electron chi connectivity index (χ4n) is 2.65. The average molecular weight is 236 g/mol. The van der Waals surface area contributed by atoms with Crippen molar-refractivity contribution in [3.8, 4) is 0 Å². The molecule has 2 aliphatic heterocycles. The van der Waals surface area contributed by atoms with Gasteiger partial charge in [-0.3, -0.25) is 0 Å². The van der Waals surface area contributed by atoms with Crippen molar-refractivity contribution in [2.45, 2.75) is 56.3 Å². The molecular weight excluding hydrogens is 221 g/mol. The summed E-state index contributed by atoms with van der Waals surface area (Å²) in [5, 5.41) is 10.2. The summed E-state index contributed by atoms with van der Waals surface area (Å²) in [6, 6.07) is 0. The van der Waals surface area contributed by atoms with E-state index in [9.17, 15) is 18.3 Å². The quantitative estimate of drug-likeness (QED) is 0.816. The molecule has 5 heteroatoms. The van der Waals surface area contributed by atoms with Crippen molar-refractivity contribution in [1.82, 2.24) is 0 Å². The van der Waals surface area contributed by atoms with E-state index in [-0.39, 0.29) is 18.6 Å². The van der Waals surface area contributed by atoms with Gasteiger partial charge in [-0.2, -0.15) is 8.78 Å². The molecule has 2 atom stereocenters. The lowest BCUT2D eigenvalue weighted by Gasteiger charge is -2.36. The molecule has 2 bridgehead atoms. The molecule has 0 aliphatic carbocycles. The van der Waals surface area contributed by atoms with Gasteiger partial charge in [0.15, 0.2) is 5.83 Å². The van der Waals surface area contributed by atoms with Crippen LogP contribution in [0.25, 0.3) is 0 Å². The Morgan fingerprint density at radius 1 is 1.19 bits per heavy atom. The van der Waals surface area contributed by atoms with Crippen molar-refractivity contribution in [3.05, 3.63) is 11.9 Å². The van der Waals surface area contributed by atoms with Gasteiger partial charge in [-0.25, -0.2) is 4.39 Å². The molecule has 0 aromatic rings. The molecule has 0 saturated carbocycles. The van der Waals surface area contributed by atoms with E-state index < -0.39 is 23.9 Å². The van der Waals surface area contributed by atoms with Crippen molar-refractivity contribution in [1.29, 1.82) is 0 Å². The van der Waals surface area contributed by atoms with Crippen LogP contribution in [0.3, 0.4) is 0 Å². The first kappa shape index (κ1) is 11.9. The van der Waals surface area contributed by atoms with E-state index in [4.69, 9.17) is 4.74 Å². The third-order valence-electron chi connectivity index (χ3n) is 3.43. The molecule has 2 saturated heterocycles. The fraction of sp³-hybridized carbons (Fsp3) is 0.818. The highest BCUT2D eigenvalue weighted by Gasteiger charge is 2.43. The number of hydrogen-bond donors (Lipinski definition) is 1. The zero-order valence-corrected chi connectivity index (χ0v) is 8.89. The van der Waals surface area contributed by atoms with Crippen molar-refractivity contribution >= 4 is 0 Å². The van der Waals surface area contributed by atoms with E-state index >= 15 is 0 Å². The number of halogens is 3. The highest BCUT2D eigenvalue weighted by molar-refractivity contribution is 4.98. The van der Waals surface area contributed by atoms with Gasteiger partial charge < -0.3 is 9.84 Å². The molecule has 2 nitrogen and oxygen atoms in total. The van der Waals surface area contributed by atoms with Gasteiger partial charge in [0.2, 0.25) is 0 Å². The Morgan fingerprint density at radius 3 is 2.25 bits per heavy atom. The minimum absolute atomic E-state index is 0.0195. The van der Waals surface area contributed by atoms with E-state index in [0.29, 0.717) is 12.8 Å². The van der Waals surface area contributed by atoms with Crippen molar-refractivity contribution in [2.75, 3.05) is 0 Å². The minimum Gasteiger partial charge on any atom is -0.390 e. The minimum atomic E-state index is -2.28. The van der Waals surface area contributed by atoms with Gasteiger partial charge in [-0.1, -0.05) is 0 Å². The SMILES string of the molecule is OC1(CCC(F)=C(F)F)CC2CCC(C1)O2. The summed E-state index contributed by atoms with van der Waals surface area (Å²) in [6.45, 7) is 0. The van der Waals surface area contributed by atoms with Crippen LogP contribution in [0.5, 0.6) is 0 Å². The molecule has 2 fully saturated rings. The molecule has 2 aliphatic rings. The molecule has 1 N–H and O–H groups in total. The first-order chi connectivity index (χ1) is 7.48. The summed E-state index contributed by atoms with van der Waals surface area (Å²) in [4.78, 5) is 0. The molecule has 0 radical (unpaired) electrons. The van der Waals surface area contributed by atoms with E-state index in [2.05, 4.69) is 0 Å². The smallest absolute Gasteiger partial charge is 0.301 e. The van der Waals surface area contributed by atoms with Crippen LogP contribution >= 0.6 is 0 Å². The Kier molecular flexibility index (Phi) is 3.26. The highest BCUT2D eigenvalue weighted by Crippen LogP contribution is 2.41. The first-order valence-electron chi connectivity index (χ1n) is 5.56. The predicted molar refractivity (Wildman–Crippen MR) is 51.7 cm³/mol. The second-order valence-corrected chi connectivity index (χ2v) is 4.76. The second kappa shape index (κ2) is 4.37. The van der Waals surface area contributed by atoms with Gasteiger partial charge >= 0.3 is 6.08 Å². The van der Waals surface area contributed by atoms with Crippen LogP contribution in [0.15, 0.2) is 11.9 Å². The largest absolute Gasteiger partial charge is 0.390 e. The van der Waals surface area contributed by atoms with Crippen LogP contribution < -0.4 is 0 Å². The van der Waals surface area contributed by atoms with Gasteiger partial charge in [-0.05, 0) is 19.3 Å². The summed E-state index contributed by atoms with van der Waals surface area (Å²) in [6.07, 6.45) is 0.0989. The lowest BCUT2D eigenvalue weighted by molar-refractivity contribution is -0.114. The Bertz CT molecular complexity index is 288. The molecule has 2 heterocycles. The highest BCUT2D eigenvalue weighted by atomic mass is 19.3. The normalized spacial score (nSPS) is 37.5. The number of aliphatic hydroxyl groups is 1. The van der Waals surface area contributed by atoms with Crippen LogP contribution in [0.4, 0.5) is 13.2 Å². The van der Waals surface area contributed by atoms with E-state index in [1.54, 1.807) is 0 Å². The van der Waals surface area contributed by atoms with Gasteiger partial charge in [-0.15, -0.1) is 0 Å². The summed E-state index contributed by atoms with van der Waals surface area (Å²) < 4.78 is 41.9. The standard InChI is InChI=1S/C11H15F3O2/c12-9(10(13)14)3-4-11(15)5-7-1-2-8(6-11)16-7/h7-8,15H,1-6H2. The number of rotatable bonds is 3. The van der Waals surface area contributed by atoms with E-state index in [0.717, 1.165) is 12.8 Å². The average Bonchev–Trinajstić information content (AvgIpc) is 2.55. The zero-order valence-electron chi connectivity index (χ0n) is 8.89. The molecule has 16 heavy (non-hydrogen) atoms. The molecule has 0 amide bonds. The van der Waals surface area contributed by atoms with Crippen molar-refractivity contribution in [3.63, 3.8) is 0 Å². The van der Waals surface area contributed by atoms with Crippen LogP contribution in [0.2, 0.25) is 0 Å². The molecule has 2 unspecified atom stereocenters. The molecule has 0 aromatic heterocycles. The number of ether oxygens (including phenoxy) is 1. The summed E-state index contributed by atoms with van der Waals surface area (Å²) >= 11 is 0. The monoisotopic (exact) mass is 236 g/mol. The molecular formula is C11H15F3O2. The summed E-state index contributed by atoms with van der Waals surface area (Å²) in [5.41, 5.74) is -1.03. The third-order valence-corrected chi connectivity index (χ3v) is 3.43. The maximum Gasteiger partial charge on any atom is 0.301 e. The second-order valence-electron chi connectivity index (χ2n) is 4.76. The van der Waals surface area contributed by atoms with Gasteiger partial charge in [0.1, 0.15) is 0 Å². The molecule has 2 rings (SSSR count). The van der Waals surface area contributed by atoms with E-state index in [1.165, 1.54) is 0 Å². The van der Waals surface area contributed by atoms with Crippen molar-refractivity contribution < 1.29 is 23.0 Å². The molecule has 92 valence electrons. The van der Waals surface area contributed by atoms with Crippen LogP contribution in [0, 0.1) is 0 Å². The Labute approximate surface area is 92.1 Å². The van der Waals surface area contributed by atoms with Gasteiger partial charge in [0.05, 0.1) is 17.8 Å². The fourth-order valence-corrected chi connectivity index (χ4v) is 2.65. The van der Waals surface area contributed by atoms with E-state index in [1.807, 2.05) is 0 Å². The topological polar surface area (TPSA) is 29.5 Å². The molecule has 0 aromatic carbocycles. The number of hydrogen-bond acceptors (Lipinski definition) is 2.